The highest BCUT2D eigenvalue weighted by Crippen LogP contribution is 2.05. The number of nitrogens with one attached hydrogen (secondary N) is 1. The van der Waals surface area contributed by atoms with Crippen molar-refractivity contribution in [3.63, 3.8) is 0 Å². The number of aromatic nitrogens is 2. The minimum absolute atomic E-state index is 0.598. The largest absolute Gasteiger partial charge is 0.312 e. The van der Waals surface area contributed by atoms with Crippen LogP contribution in [-0.2, 0) is 6.54 Å². The van der Waals surface area contributed by atoms with E-state index in [0.717, 1.165) is 31.9 Å². The Labute approximate surface area is 82.1 Å². The number of rotatable bonds is 2. The van der Waals surface area contributed by atoms with Gasteiger partial charge in [0.15, 0.2) is 0 Å². The van der Waals surface area contributed by atoms with Gasteiger partial charge < -0.3 is 5.32 Å². The van der Waals surface area contributed by atoms with E-state index in [2.05, 4.69) is 26.7 Å². The Hall–Kier alpha value is -0.520. The van der Waals surface area contributed by atoms with E-state index >= 15 is 0 Å². The Morgan fingerprint density at radius 2 is 2.69 bits per heavy atom. The molecule has 1 N–H and O–H groups in total. The van der Waals surface area contributed by atoms with Gasteiger partial charge in [-0.1, -0.05) is 4.49 Å². The van der Waals surface area contributed by atoms with Crippen molar-refractivity contribution in [1.29, 1.82) is 0 Å². The molecule has 0 aromatic carbocycles. The maximum Gasteiger partial charge on any atom is 0.0895 e. The molecule has 0 amide bonds. The van der Waals surface area contributed by atoms with Crippen LogP contribution in [0.4, 0.5) is 0 Å². The fraction of sp³-hybridized carbons (Fsp3) is 0.750. The van der Waals surface area contributed by atoms with E-state index in [9.17, 15) is 0 Å². The lowest BCUT2D eigenvalue weighted by Gasteiger charge is -2.30. The summed E-state index contributed by atoms with van der Waals surface area (Å²) in [5.74, 6) is 0. The first-order valence-electron chi connectivity index (χ1n) is 4.56. The van der Waals surface area contributed by atoms with Gasteiger partial charge in [-0.15, -0.1) is 5.10 Å². The predicted molar refractivity (Wildman–Crippen MR) is 52.7 cm³/mol. The molecule has 2 heterocycles. The molecule has 0 spiro atoms. The fourth-order valence-corrected chi connectivity index (χ4v) is 2.08. The molecule has 0 bridgehead atoms. The third-order valence-electron chi connectivity index (χ3n) is 2.24. The molecule has 1 aliphatic rings. The van der Waals surface area contributed by atoms with Crippen LogP contribution in [0.3, 0.4) is 0 Å². The average Bonchev–Trinajstić information content (AvgIpc) is 2.57. The Kier molecular flexibility index (Phi) is 2.87. The highest BCUT2D eigenvalue weighted by Gasteiger charge is 2.15. The topological polar surface area (TPSA) is 41.1 Å². The molecular formula is C8H14N4S. The quantitative estimate of drug-likeness (QED) is 0.743. The molecule has 1 aliphatic heterocycles. The lowest BCUT2D eigenvalue weighted by molar-refractivity contribution is 0.197. The maximum absolute atomic E-state index is 4.04. The summed E-state index contributed by atoms with van der Waals surface area (Å²) in [4.78, 5) is 2.41. The lowest BCUT2D eigenvalue weighted by atomic mass is 10.2. The van der Waals surface area contributed by atoms with Crippen LogP contribution >= 0.6 is 11.5 Å². The normalized spacial score (nSPS) is 24.8. The van der Waals surface area contributed by atoms with Crippen LogP contribution in [0.25, 0.3) is 0 Å². The predicted octanol–water partition coefficient (Wildman–Crippen LogP) is 0.332. The molecule has 0 saturated carbocycles. The minimum Gasteiger partial charge on any atom is -0.312 e. The summed E-state index contributed by atoms with van der Waals surface area (Å²) < 4.78 is 3.86. The van der Waals surface area contributed by atoms with Crippen LogP contribution in [0.5, 0.6) is 0 Å². The van der Waals surface area contributed by atoms with Gasteiger partial charge in [0.2, 0.25) is 0 Å². The second-order valence-electron chi connectivity index (χ2n) is 3.49. The second-order valence-corrected chi connectivity index (χ2v) is 4.10. The highest BCUT2D eigenvalue weighted by atomic mass is 32.1. The minimum atomic E-state index is 0.598. The van der Waals surface area contributed by atoms with Crippen LogP contribution < -0.4 is 5.32 Å². The van der Waals surface area contributed by atoms with Crippen LogP contribution in [0, 0.1) is 0 Å². The zero-order valence-corrected chi connectivity index (χ0v) is 8.55. The molecule has 0 unspecified atom stereocenters. The Balaban J connectivity index is 1.87. The third kappa shape index (κ3) is 2.46. The van der Waals surface area contributed by atoms with Gasteiger partial charge in [0.05, 0.1) is 5.69 Å². The van der Waals surface area contributed by atoms with Crippen molar-refractivity contribution >= 4 is 11.5 Å². The van der Waals surface area contributed by atoms with Crippen molar-refractivity contribution in [1.82, 2.24) is 19.8 Å². The molecule has 1 aromatic heterocycles. The van der Waals surface area contributed by atoms with Crippen LogP contribution in [0.15, 0.2) is 5.38 Å². The standard InChI is InChI=1S/C8H14N4S/c1-7-4-12(3-2-9-7)5-8-6-13-11-10-8/h6-7,9H,2-5H2,1H3/t7-/m1/s1. The fourth-order valence-electron chi connectivity index (χ4n) is 1.64. The summed E-state index contributed by atoms with van der Waals surface area (Å²) in [7, 11) is 0. The highest BCUT2D eigenvalue weighted by molar-refractivity contribution is 7.03. The molecule has 1 saturated heterocycles. The third-order valence-corrected chi connectivity index (χ3v) is 2.80. The zero-order chi connectivity index (χ0) is 9.10. The summed E-state index contributed by atoms with van der Waals surface area (Å²) in [6, 6.07) is 0.598. The first-order chi connectivity index (χ1) is 6.34. The van der Waals surface area contributed by atoms with E-state index in [0.29, 0.717) is 6.04 Å². The van der Waals surface area contributed by atoms with E-state index in [1.807, 2.05) is 5.38 Å². The molecule has 0 radical (unpaired) electrons. The van der Waals surface area contributed by atoms with Crippen molar-refractivity contribution in [2.24, 2.45) is 0 Å². The molecule has 1 atom stereocenters. The van der Waals surface area contributed by atoms with E-state index in [1.54, 1.807) is 0 Å². The van der Waals surface area contributed by atoms with E-state index < -0.39 is 0 Å². The van der Waals surface area contributed by atoms with Crippen molar-refractivity contribution < 1.29 is 0 Å². The number of piperazine rings is 1. The van der Waals surface area contributed by atoms with Gasteiger partial charge in [0.1, 0.15) is 0 Å². The molecular weight excluding hydrogens is 184 g/mol. The van der Waals surface area contributed by atoms with Crippen molar-refractivity contribution in [2.45, 2.75) is 19.5 Å². The monoisotopic (exact) mass is 198 g/mol. The summed E-state index contributed by atoms with van der Waals surface area (Å²) in [6.07, 6.45) is 0. The van der Waals surface area contributed by atoms with Gasteiger partial charge >= 0.3 is 0 Å². The van der Waals surface area contributed by atoms with Crippen molar-refractivity contribution in [2.75, 3.05) is 19.6 Å². The Morgan fingerprint density at radius 3 is 3.38 bits per heavy atom. The molecule has 5 heteroatoms. The van der Waals surface area contributed by atoms with Crippen molar-refractivity contribution in [3.8, 4) is 0 Å². The Bertz CT molecular complexity index is 249. The van der Waals surface area contributed by atoms with Gasteiger partial charge in [0, 0.05) is 37.6 Å². The van der Waals surface area contributed by atoms with Gasteiger partial charge in [-0.2, -0.15) is 0 Å². The molecule has 0 aliphatic carbocycles. The van der Waals surface area contributed by atoms with E-state index in [-0.39, 0.29) is 0 Å². The van der Waals surface area contributed by atoms with Crippen LogP contribution in [0.2, 0.25) is 0 Å². The zero-order valence-electron chi connectivity index (χ0n) is 7.73. The van der Waals surface area contributed by atoms with E-state index in [4.69, 9.17) is 0 Å². The van der Waals surface area contributed by atoms with Crippen molar-refractivity contribution in [3.05, 3.63) is 11.1 Å². The first-order valence-corrected chi connectivity index (χ1v) is 5.40. The van der Waals surface area contributed by atoms with E-state index in [1.165, 1.54) is 11.5 Å². The number of hydrogen-bond acceptors (Lipinski definition) is 5. The summed E-state index contributed by atoms with van der Waals surface area (Å²) in [5, 5.41) is 9.48. The van der Waals surface area contributed by atoms with Gasteiger partial charge in [-0.25, -0.2) is 0 Å². The smallest absolute Gasteiger partial charge is 0.0895 e. The van der Waals surface area contributed by atoms with Crippen LogP contribution in [-0.4, -0.2) is 40.2 Å². The van der Waals surface area contributed by atoms with Gasteiger partial charge in [-0.3, -0.25) is 4.90 Å². The maximum atomic E-state index is 4.04. The molecule has 4 nitrogen and oxygen atoms in total. The lowest BCUT2D eigenvalue weighted by Crippen LogP contribution is -2.48. The number of hydrogen-bond donors (Lipinski definition) is 1. The summed E-state index contributed by atoms with van der Waals surface area (Å²) in [5.41, 5.74) is 1.10. The molecule has 1 fully saturated rings. The summed E-state index contributed by atoms with van der Waals surface area (Å²) >= 11 is 1.43. The molecule has 1 aromatic rings. The van der Waals surface area contributed by atoms with Gasteiger partial charge in [-0.05, 0) is 18.5 Å². The SMILES string of the molecule is C[C@@H]1CN(Cc2csnn2)CCN1. The first kappa shape index (κ1) is 9.05. The van der Waals surface area contributed by atoms with Crippen LogP contribution in [0.1, 0.15) is 12.6 Å². The molecule has 72 valence electrons. The molecule has 13 heavy (non-hydrogen) atoms. The number of nitrogens with zero attached hydrogens (tertiary/aromatic N) is 3. The molecule has 2 rings (SSSR count). The second kappa shape index (κ2) is 4.13. The van der Waals surface area contributed by atoms with Gasteiger partial charge in [0.25, 0.3) is 0 Å². The summed E-state index contributed by atoms with van der Waals surface area (Å²) in [6.45, 7) is 6.46. The Morgan fingerprint density at radius 1 is 1.77 bits per heavy atom. The average molecular weight is 198 g/mol.